The summed E-state index contributed by atoms with van der Waals surface area (Å²) in [6.45, 7) is -1.96. The van der Waals surface area contributed by atoms with Gasteiger partial charge < -0.3 is 10.5 Å². The minimum absolute atomic E-state index is 0.0572. The lowest BCUT2D eigenvalue weighted by molar-refractivity contribution is -0.0498. The predicted molar refractivity (Wildman–Crippen MR) is 76.0 cm³/mol. The fraction of sp³-hybridized carbons (Fsp3) is 0.571. The first-order valence-electron chi connectivity index (χ1n) is 7.17. The van der Waals surface area contributed by atoms with Crippen molar-refractivity contribution in [3.05, 3.63) is 24.3 Å². The van der Waals surface area contributed by atoms with Gasteiger partial charge in [0.25, 0.3) is 0 Å². The second-order valence-corrected chi connectivity index (χ2v) is 7.86. The zero-order chi connectivity index (χ0) is 15.9. The van der Waals surface area contributed by atoms with E-state index < -0.39 is 16.6 Å². The predicted octanol–water partition coefficient (Wildman–Crippen LogP) is 1.65. The molecule has 1 heterocycles. The summed E-state index contributed by atoms with van der Waals surface area (Å²) in [7, 11) is -3.59. The summed E-state index contributed by atoms with van der Waals surface area (Å²) in [4.78, 5) is 0.0957. The van der Waals surface area contributed by atoms with Crippen molar-refractivity contribution < 1.29 is 21.9 Å². The molecule has 0 radical (unpaired) electrons. The highest BCUT2D eigenvalue weighted by Gasteiger charge is 2.43. The zero-order valence-corrected chi connectivity index (χ0v) is 12.7. The highest BCUT2D eigenvalue weighted by molar-refractivity contribution is 7.89. The van der Waals surface area contributed by atoms with Gasteiger partial charge in [-0.15, -0.1) is 0 Å². The fourth-order valence-electron chi connectivity index (χ4n) is 3.44. The van der Waals surface area contributed by atoms with Gasteiger partial charge in [0.15, 0.2) is 0 Å². The van der Waals surface area contributed by atoms with Gasteiger partial charge in [0.1, 0.15) is 5.75 Å². The summed E-state index contributed by atoms with van der Waals surface area (Å²) in [5, 5.41) is 0. The average Bonchev–Trinajstić information content (AvgIpc) is 2.96. The smallest absolute Gasteiger partial charge is 0.387 e. The standard InChI is InChI=1S/C14H18F2N2O3S/c15-14(16)21-12-1-3-13(4-2-12)22(19,20)18-7-9-5-11(17)6-10(9)8-18/h1-4,9-11,14H,5-8,17H2/t9-,10+,11?. The van der Waals surface area contributed by atoms with E-state index in [1.54, 1.807) is 0 Å². The molecule has 3 rings (SSSR count). The molecule has 122 valence electrons. The van der Waals surface area contributed by atoms with Crippen LogP contribution in [0.1, 0.15) is 12.8 Å². The van der Waals surface area contributed by atoms with Crippen molar-refractivity contribution in [3.63, 3.8) is 0 Å². The number of hydrogen-bond donors (Lipinski definition) is 1. The molecule has 1 aliphatic carbocycles. The number of ether oxygens (including phenoxy) is 1. The van der Waals surface area contributed by atoms with E-state index in [2.05, 4.69) is 4.74 Å². The largest absolute Gasteiger partial charge is 0.435 e. The average molecular weight is 332 g/mol. The van der Waals surface area contributed by atoms with Gasteiger partial charge in [0, 0.05) is 19.1 Å². The molecule has 0 amide bonds. The SMILES string of the molecule is NC1C[C@@H]2CN(S(=O)(=O)c3ccc(OC(F)F)cc3)C[C@@H]2C1. The molecule has 8 heteroatoms. The van der Waals surface area contributed by atoms with Crippen LogP contribution in [0, 0.1) is 11.8 Å². The minimum atomic E-state index is -3.59. The Bertz CT molecular complexity index is 622. The van der Waals surface area contributed by atoms with E-state index >= 15 is 0 Å². The van der Waals surface area contributed by atoms with E-state index in [0.717, 1.165) is 12.8 Å². The van der Waals surface area contributed by atoms with Crippen LogP contribution in [0.4, 0.5) is 8.78 Å². The van der Waals surface area contributed by atoms with Gasteiger partial charge in [-0.05, 0) is 48.9 Å². The van der Waals surface area contributed by atoms with Crippen LogP contribution in [-0.2, 0) is 10.0 Å². The number of halogens is 2. The van der Waals surface area contributed by atoms with Crippen molar-refractivity contribution in [2.45, 2.75) is 30.4 Å². The molecule has 0 aromatic heterocycles. The van der Waals surface area contributed by atoms with Gasteiger partial charge in [-0.3, -0.25) is 0 Å². The summed E-state index contributed by atoms with van der Waals surface area (Å²) in [6, 6.07) is 5.25. The molecule has 1 unspecified atom stereocenters. The van der Waals surface area contributed by atoms with Gasteiger partial charge in [-0.1, -0.05) is 0 Å². The van der Waals surface area contributed by atoms with Crippen LogP contribution in [0.5, 0.6) is 5.75 Å². The van der Waals surface area contributed by atoms with Crippen molar-refractivity contribution in [2.24, 2.45) is 17.6 Å². The monoisotopic (exact) mass is 332 g/mol. The van der Waals surface area contributed by atoms with E-state index in [4.69, 9.17) is 5.73 Å². The number of benzene rings is 1. The maximum atomic E-state index is 12.6. The summed E-state index contributed by atoms with van der Waals surface area (Å²) in [6.07, 6.45) is 1.72. The highest BCUT2D eigenvalue weighted by atomic mass is 32.2. The molecule has 22 heavy (non-hydrogen) atoms. The number of alkyl halides is 2. The van der Waals surface area contributed by atoms with Crippen LogP contribution in [0.2, 0.25) is 0 Å². The third-order valence-electron chi connectivity index (χ3n) is 4.44. The van der Waals surface area contributed by atoms with Crippen molar-refractivity contribution in [1.29, 1.82) is 0 Å². The van der Waals surface area contributed by atoms with Crippen LogP contribution in [0.15, 0.2) is 29.2 Å². The molecule has 2 aliphatic rings. The molecule has 2 N–H and O–H groups in total. The molecule has 1 aliphatic heterocycles. The van der Waals surface area contributed by atoms with Crippen molar-refractivity contribution >= 4 is 10.0 Å². The lowest BCUT2D eigenvalue weighted by atomic mass is 10.0. The summed E-state index contributed by atoms with van der Waals surface area (Å²) in [5.74, 6) is 0.593. The Morgan fingerprint density at radius 1 is 1.14 bits per heavy atom. The van der Waals surface area contributed by atoms with E-state index in [1.165, 1.54) is 28.6 Å². The fourth-order valence-corrected chi connectivity index (χ4v) is 5.00. The minimum Gasteiger partial charge on any atom is -0.435 e. The lowest BCUT2D eigenvalue weighted by Gasteiger charge is -2.18. The van der Waals surface area contributed by atoms with Crippen LogP contribution in [0.3, 0.4) is 0 Å². The molecule has 1 saturated heterocycles. The van der Waals surface area contributed by atoms with Crippen molar-refractivity contribution in [2.75, 3.05) is 13.1 Å². The number of nitrogens with two attached hydrogens (primary N) is 1. The number of hydrogen-bond acceptors (Lipinski definition) is 4. The Kier molecular flexibility index (Phi) is 4.09. The molecular formula is C14H18F2N2O3S. The molecule has 5 nitrogen and oxygen atoms in total. The lowest BCUT2D eigenvalue weighted by Crippen LogP contribution is -2.31. The van der Waals surface area contributed by atoms with Crippen LogP contribution >= 0.6 is 0 Å². The van der Waals surface area contributed by atoms with Crippen molar-refractivity contribution in [3.8, 4) is 5.75 Å². The molecular weight excluding hydrogens is 314 g/mol. The van der Waals surface area contributed by atoms with E-state index in [-0.39, 0.29) is 16.7 Å². The van der Waals surface area contributed by atoms with Crippen LogP contribution < -0.4 is 10.5 Å². The van der Waals surface area contributed by atoms with Crippen molar-refractivity contribution in [1.82, 2.24) is 4.31 Å². The molecule has 1 aromatic carbocycles. The Morgan fingerprint density at radius 3 is 2.18 bits per heavy atom. The third-order valence-corrected chi connectivity index (χ3v) is 6.29. The molecule has 0 spiro atoms. The molecule has 3 atom stereocenters. The molecule has 0 bridgehead atoms. The first kappa shape index (κ1) is 15.6. The second-order valence-electron chi connectivity index (χ2n) is 5.92. The number of rotatable bonds is 4. The van der Waals surface area contributed by atoms with Gasteiger partial charge in [0.2, 0.25) is 10.0 Å². The van der Waals surface area contributed by atoms with Gasteiger partial charge in [0.05, 0.1) is 4.90 Å². The Balaban J connectivity index is 1.74. The topological polar surface area (TPSA) is 72.6 Å². The zero-order valence-electron chi connectivity index (χ0n) is 11.9. The summed E-state index contributed by atoms with van der Waals surface area (Å²) in [5.41, 5.74) is 5.90. The number of fused-ring (bicyclic) bond motifs is 1. The van der Waals surface area contributed by atoms with Crippen LogP contribution in [0.25, 0.3) is 0 Å². The van der Waals surface area contributed by atoms with Gasteiger partial charge in [-0.2, -0.15) is 13.1 Å². The third kappa shape index (κ3) is 2.95. The first-order chi connectivity index (χ1) is 10.4. The quantitative estimate of drug-likeness (QED) is 0.910. The second kappa shape index (κ2) is 5.75. The van der Waals surface area contributed by atoms with Gasteiger partial charge >= 0.3 is 6.61 Å². The molecule has 2 fully saturated rings. The first-order valence-corrected chi connectivity index (χ1v) is 8.61. The molecule has 1 aromatic rings. The maximum absolute atomic E-state index is 12.6. The Labute approximate surface area is 128 Å². The highest BCUT2D eigenvalue weighted by Crippen LogP contribution is 2.39. The maximum Gasteiger partial charge on any atom is 0.387 e. The van der Waals surface area contributed by atoms with E-state index in [0.29, 0.717) is 24.9 Å². The summed E-state index contributed by atoms with van der Waals surface area (Å²) < 4.78 is 55.1. The normalized spacial score (nSPS) is 29.0. The van der Waals surface area contributed by atoms with E-state index in [9.17, 15) is 17.2 Å². The molecule has 1 saturated carbocycles. The van der Waals surface area contributed by atoms with Gasteiger partial charge in [-0.25, -0.2) is 8.42 Å². The summed E-state index contributed by atoms with van der Waals surface area (Å²) >= 11 is 0. The Hall–Kier alpha value is -1.25. The number of nitrogens with zero attached hydrogens (tertiary/aromatic N) is 1. The Morgan fingerprint density at radius 2 is 1.68 bits per heavy atom. The number of sulfonamides is 1. The van der Waals surface area contributed by atoms with E-state index in [1.807, 2.05) is 0 Å². The van der Waals surface area contributed by atoms with Crippen LogP contribution in [-0.4, -0.2) is 38.5 Å².